The molecule has 8 heteroatoms. The lowest BCUT2D eigenvalue weighted by Crippen LogP contribution is -2.15. The summed E-state index contributed by atoms with van der Waals surface area (Å²) in [4.78, 5) is 20.5. The molecule has 0 bridgehead atoms. The van der Waals surface area contributed by atoms with Crippen molar-refractivity contribution in [3.63, 3.8) is 0 Å². The van der Waals surface area contributed by atoms with Gasteiger partial charge in [0.25, 0.3) is 0 Å². The summed E-state index contributed by atoms with van der Waals surface area (Å²) in [5.41, 5.74) is 2.49. The molecule has 0 atom stereocenters. The van der Waals surface area contributed by atoms with Gasteiger partial charge in [-0.3, -0.25) is 4.79 Å². The Hall–Kier alpha value is -3.81. The topological polar surface area (TPSA) is 94.6 Å². The monoisotopic (exact) mass is 420 g/mol. The molecule has 0 saturated heterocycles. The molecule has 0 spiro atoms. The zero-order chi connectivity index (χ0) is 21.6. The molecular formula is C23H24N4O4. The van der Waals surface area contributed by atoms with Crippen LogP contribution in [0.5, 0.6) is 17.2 Å². The molecule has 31 heavy (non-hydrogen) atoms. The van der Waals surface area contributed by atoms with Gasteiger partial charge in [0, 0.05) is 41.7 Å². The molecule has 1 aliphatic rings. The zero-order valence-electron chi connectivity index (χ0n) is 17.5. The quantitative estimate of drug-likeness (QED) is 0.554. The van der Waals surface area contributed by atoms with Crippen LogP contribution in [0, 0.1) is 6.92 Å². The highest BCUT2D eigenvalue weighted by atomic mass is 16.6. The van der Waals surface area contributed by atoms with E-state index in [9.17, 15) is 4.79 Å². The summed E-state index contributed by atoms with van der Waals surface area (Å²) in [6.07, 6.45) is 2.20. The molecule has 160 valence electrons. The van der Waals surface area contributed by atoms with E-state index in [-0.39, 0.29) is 12.4 Å². The Morgan fingerprint density at radius 1 is 1.06 bits per heavy atom. The van der Waals surface area contributed by atoms with Crippen LogP contribution in [0.15, 0.2) is 48.7 Å². The molecule has 2 aromatic carbocycles. The zero-order valence-corrected chi connectivity index (χ0v) is 17.5. The van der Waals surface area contributed by atoms with Crippen molar-refractivity contribution in [2.45, 2.75) is 20.3 Å². The van der Waals surface area contributed by atoms with Gasteiger partial charge >= 0.3 is 0 Å². The van der Waals surface area contributed by atoms with E-state index < -0.39 is 0 Å². The Labute approximate surface area is 180 Å². The molecule has 8 nitrogen and oxygen atoms in total. The van der Waals surface area contributed by atoms with Crippen LogP contribution in [0.3, 0.4) is 0 Å². The van der Waals surface area contributed by atoms with Crippen molar-refractivity contribution in [1.29, 1.82) is 0 Å². The van der Waals surface area contributed by atoms with E-state index in [1.165, 1.54) is 0 Å². The molecule has 2 heterocycles. The van der Waals surface area contributed by atoms with Crippen LogP contribution in [0.25, 0.3) is 0 Å². The second-order valence-corrected chi connectivity index (χ2v) is 7.04. The van der Waals surface area contributed by atoms with Crippen molar-refractivity contribution >= 4 is 28.9 Å². The molecule has 1 aliphatic heterocycles. The summed E-state index contributed by atoms with van der Waals surface area (Å²) in [6.45, 7) is 4.89. The fraction of sp³-hybridized carbons (Fsp3) is 0.261. The number of ketones is 1. The summed E-state index contributed by atoms with van der Waals surface area (Å²) >= 11 is 0. The molecular weight excluding hydrogens is 396 g/mol. The number of hydrogen-bond acceptors (Lipinski definition) is 8. The number of aryl methyl sites for hydroxylation is 1. The molecule has 1 aromatic heterocycles. The van der Waals surface area contributed by atoms with Crippen LogP contribution >= 0.6 is 0 Å². The molecule has 0 fully saturated rings. The second-order valence-electron chi connectivity index (χ2n) is 7.04. The summed E-state index contributed by atoms with van der Waals surface area (Å²) in [6, 6.07) is 13.0. The molecule has 0 radical (unpaired) electrons. The van der Waals surface area contributed by atoms with E-state index in [1.807, 2.05) is 56.3 Å². The van der Waals surface area contributed by atoms with Gasteiger partial charge in [-0.25, -0.2) is 4.98 Å². The third-order valence-corrected chi connectivity index (χ3v) is 4.66. The van der Waals surface area contributed by atoms with E-state index >= 15 is 0 Å². The van der Waals surface area contributed by atoms with Gasteiger partial charge in [-0.1, -0.05) is 13.0 Å². The lowest BCUT2D eigenvalue weighted by molar-refractivity contribution is -0.120. The molecule has 0 aliphatic carbocycles. The van der Waals surface area contributed by atoms with Crippen LogP contribution in [-0.4, -0.2) is 35.6 Å². The van der Waals surface area contributed by atoms with E-state index in [4.69, 9.17) is 14.2 Å². The van der Waals surface area contributed by atoms with Crippen molar-refractivity contribution in [3.05, 3.63) is 54.2 Å². The lowest BCUT2D eigenvalue weighted by Gasteiger charge is -2.19. The van der Waals surface area contributed by atoms with E-state index in [1.54, 1.807) is 6.20 Å². The average molecular weight is 420 g/mol. The van der Waals surface area contributed by atoms with Gasteiger partial charge in [-0.15, -0.1) is 0 Å². The minimum Gasteiger partial charge on any atom is -0.486 e. The molecule has 0 unspecified atom stereocenters. The van der Waals surface area contributed by atoms with Gasteiger partial charge in [0.1, 0.15) is 31.4 Å². The van der Waals surface area contributed by atoms with E-state index in [2.05, 4.69) is 20.6 Å². The van der Waals surface area contributed by atoms with Crippen LogP contribution in [-0.2, 0) is 4.79 Å². The van der Waals surface area contributed by atoms with Crippen molar-refractivity contribution in [2.24, 2.45) is 0 Å². The third kappa shape index (κ3) is 5.22. The highest BCUT2D eigenvalue weighted by Gasteiger charge is 2.13. The largest absolute Gasteiger partial charge is 0.486 e. The summed E-state index contributed by atoms with van der Waals surface area (Å²) in [5.74, 6) is 3.21. The van der Waals surface area contributed by atoms with Gasteiger partial charge < -0.3 is 24.8 Å². The first-order valence-corrected chi connectivity index (χ1v) is 10.1. The number of carbonyl (C=O) groups excluding carboxylic acids is 1. The molecule has 0 saturated carbocycles. The summed E-state index contributed by atoms with van der Waals surface area (Å²) in [5, 5.41) is 6.49. The standard InChI is InChI=1S/C23H24N4O4/c1-3-18(28)14-31-19-6-4-5-16(11-19)25-22-15(2)13-24-23(27-22)26-17-7-8-20-21(12-17)30-10-9-29-20/h4-8,11-13H,3,9-10,14H2,1-2H3,(H2,24,25,26,27). The summed E-state index contributed by atoms with van der Waals surface area (Å²) < 4.78 is 16.7. The maximum atomic E-state index is 11.5. The van der Waals surface area contributed by atoms with Crippen molar-refractivity contribution in [2.75, 3.05) is 30.5 Å². The number of anilines is 4. The number of nitrogens with one attached hydrogen (secondary N) is 2. The predicted molar refractivity (Wildman–Crippen MR) is 118 cm³/mol. The van der Waals surface area contributed by atoms with Crippen LogP contribution in [0.4, 0.5) is 23.1 Å². The van der Waals surface area contributed by atoms with Crippen LogP contribution in [0.1, 0.15) is 18.9 Å². The van der Waals surface area contributed by atoms with Crippen LogP contribution in [0.2, 0.25) is 0 Å². The number of Topliss-reactive ketones (excluding diaryl/α,β-unsaturated/α-hetero) is 1. The fourth-order valence-corrected chi connectivity index (χ4v) is 2.95. The molecule has 0 amide bonds. The van der Waals surface area contributed by atoms with E-state index in [0.29, 0.717) is 42.9 Å². The molecule has 4 rings (SSSR count). The molecule has 2 N–H and O–H groups in total. The molecule has 3 aromatic rings. The van der Waals surface area contributed by atoms with Crippen molar-refractivity contribution in [1.82, 2.24) is 9.97 Å². The lowest BCUT2D eigenvalue weighted by atomic mass is 10.2. The predicted octanol–water partition coefficient (Wildman–Crippen LogP) is 4.40. The smallest absolute Gasteiger partial charge is 0.229 e. The Morgan fingerprint density at radius 2 is 1.87 bits per heavy atom. The highest BCUT2D eigenvalue weighted by Crippen LogP contribution is 2.33. The number of carbonyl (C=O) groups is 1. The number of rotatable bonds is 8. The Balaban J connectivity index is 1.48. The average Bonchev–Trinajstić information content (AvgIpc) is 2.80. The van der Waals surface area contributed by atoms with Crippen molar-refractivity contribution < 1.29 is 19.0 Å². The fourth-order valence-electron chi connectivity index (χ4n) is 2.95. The number of aromatic nitrogens is 2. The van der Waals surface area contributed by atoms with Gasteiger partial charge in [0.15, 0.2) is 17.3 Å². The van der Waals surface area contributed by atoms with Gasteiger partial charge in [0.05, 0.1) is 0 Å². The van der Waals surface area contributed by atoms with Crippen LogP contribution < -0.4 is 24.8 Å². The minimum atomic E-state index is 0.0554. The number of ether oxygens (including phenoxy) is 3. The first-order valence-electron chi connectivity index (χ1n) is 10.1. The number of hydrogen-bond donors (Lipinski definition) is 2. The maximum Gasteiger partial charge on any atom is 0.229 e. The van der Waals surface area contributed by atoms with Gasteiger partial charge in [0.2, 0.25) is 5.95 Å². The van der Waals surface area contributed by atoms with Crippen molar-refractivity contribution in [3.8, 4) is 17.2 Å². The summed E-state index contributed by atoms with van der Waals surface area (Å²) in [7, 11) is 0. The second kappa shape index (κ2) is 9.34. The highest BCUT2D eigenvalue weighted by molar-refractivity contribution is 5.79. The first-order chi connectivity index (χ1) is 15.1. The third-order valence-electron chi connectivity index (χ3n) is 4.66. The SMILES string of the molecule is CCC(=O)COc1cccc(Nc2nc(Nc3ccc4c(c3)OCCO4)ncc2C)c1. The Morgan fingerprint density at radius 3 is 2.71 bits per heavy atom. The number of benzene rings is 2. The van der Waals surface area contributed by atoms with E-state index in [0.717, 1.165) is 22.7 Å². The number of fused-ring (bicyclic) bond motifs is 1. The Bertz CT molecular complexity index is 1090. The normalized spacial score (nSPS) is 12.2. The minimum absolute atomic E-state index is 0.0554. The first kappa shape index (κ1) is 20.5. The Kier molecular flexibility index (Phi) is 6.16. The number of nitrogens with zero attached hydrogens (tertiary/aromatic N) is 2. The maximum absolute atomic E-state index is 11.5. The van der Waals surface area contributed by atoms with Gasteiger partial charge in [-0.2, -0.15) is 4.98 Å². The van der Waals surface area contributed by atoms with Gasteiger partial charge in [-0.05, 0) is 31.2 Å².